The Bertz CT molecular complexity index is 567. The van der Waals surface area contributed by atoms with Crippen LogP contribution in [0, 0.1) is 5.92 Å². The molecule has 0 aromatic heterocycles. The van der Waals surface area contributed by atoms with Crippen LogP contribution in [-0.2, 0) is 4.79 Å². The Labute approximate surface area is 208 Å². The number of hydrogen-bond donors (Lipinski definition) is 4. The SMILES string of the molecule is CCCCCC=CCCCCC=CCC(O)C=CCCC(O)CC(O)CC=CCC(C=O)CO. The van der Waals surface area contributed by atoms with Crippen molar-refractivity contribution in [3.8, 4) is 0 Å². The minimum atomic E-state index is -0.642. The van der Waals surface area contributed by atoms with Crippen LogP contribution in [0.2, 0.25) is 0 Å². The molecule has 0 aliphatic heterocycles. The van der Waals surface area contributed by atoms with Crippen LogP contribution in [-0.4, -0.2) is 51.6 Å². The second-order valence-corrected chi connectivity index (χ2v) is 9.10. The topological polar surface area (TPSA) is 98.0 Å². The summed E-state index contributed by atoms with van der Waals surface area (Å²) in [6.07, 6.45) is 27.6. The zero-order valence-electron chi connectivity index (χ0n) is 21.3. The van der Waals surface area contributed by atoms with Gasteiger partial charge in [0, 0.05) is 5.92 Å². The highest BCUT2D eigenvalue weighted by Crippen LogP contribution is 2.11. The number of carbonyl (C=O) groups excluding carboxylic acids is 1. The lowest BCUT2D eigenvalue weighted by Crippen LogP contribution is -2.17. The molecule has 0 aliphatic rings. The maximum Gasteiger partial charge on any atom is 0.125 e. The van der Waals surface area contributed by atoms with E-state index in [0.717, 1.165) is 19.1 Å². The zero-order valence-corrected chi connectivity index (χ0v) is 21.3. The molecule has 0 spiro atoms. The lowest BCUT2D eigenvalue weighted by Gasteiger charge is -2.13. The van der Waals surface area contributed by atoms with Crippen molar-refractivity contribution >= 4 is 6.29 Å². The molecule has 4 atom stereocenters. The van der Waals surface area contributed by atoms with Crippen LogP contribution < -0.4 is 0 Å². The summed E-state index contributed by atoms with van der Waals surface area (Å²) in [5.41, 5.74) is 0. The van der Waals surface area contributed by atoms with Crippen LogP contribution >= 0.6 is 0 Å². The van der Waals surface area contributed by atoms with E-state index in [2.05, 4.69) is 25.2 Å². The van der Waals surface area contributed by atoms with Gasteiger partial charge in [-0.1, -0.05) is 68.4 Å². The standard InChI is InChI=1S/C29H50O5/c1-2-3-4-5-6-7-8-9-10-11-12-13-19-27(32)20-16-17-22-29(34)23-28(33)21-15-14-18-26(24-30)25-31/h6-7,12-16,20,24,26-29,31-34H,2-5,8-11,17-19,21-23,25H2,1H3. The van der Waals surface area contributed by atoms with E-state index in [1.807, 2.05) is 12.2 Å². The first-order chi connectivity index (χ1) is 16.5. The molecule has 0 saturated heterocycles. The van der Waals surface area contributed by atoms with E-state index in [9.17, 15) is 20.1 Å². The number of unbranched alkanes of at least 4 members (excludes halogenated alkanes) is 6. The molecule has 0 aromatic carbocycles. The summed E-state index contributed by atoms with van der Waals surface area (Å²) in [7, 11) is 0. The first-order valence-corrected chi connectivity index (χ1v) is 13.2. The Hall–Kier alpha value is -1.53. The van der Waals surface area contributed by atoms with Gasteiger partial charge < -0.3 is 25.2 Å². The fraction of sp³-hybridized carbons (Fsp3) is 0.690. The molecule has 0 radical (unpaired) electrons. The highest BCUT2D eigenvalue weighted by Gasteiger charge is 2.10. The monoisotopic (exact) mass is 478 g/mol. The molecule has 0 bridgehead atoms. The van der Waals surface area contributed by atoms with Gasteiger partial charge in [-0.3, -0.25) is 0 Å². The smallest absolute Gasteiger partial charge is 0.125 e. The number of rotatable bonds is 23. The lowest BCUT2D eigenvalue weighted by atomic mass is 10.0. The molecule has 4 N–H and O–H groups in total. The number of aliphatic hydroxyl groups is 4. The van der Waals surface area contributed by atoms with Gasteiger partial charge in [-0.05, 0) is 77.0 Å². The number of hydrogen-bond acceptors (Lipinski definition) is 5. The van der Waals surface area contributed by atoms with Crippen LogP contribution in [0.25, 0.3) is 0 Å². The number of aliphatic hydroxyl groups excluding tert-OH is 4. The molecule has 34 heavy (non-hydrogen) atoms. The normalized spacial score (nSPS) is 16.1. The average molecular weight is 479 g/mol. The van der Waals surface area contributed by atoms with Crippen molar-refractivity contribution in [1.82, 2.24) is 0 Å². The summed E-state index contributed by atoms with van der Waals surface area (Å²) in [4.78, 5) is 10.6. The van der Waals surface area contributed by atoms with Crippen molar-refractivity contribution in [2.45, 2.75) is 115 Å². The molecule has 4 unspecified atom stereocenters. The van der Waals surface area contributed by atoms with E-state index in [1.165, 1.54) is 38.5 Å². The molecule has 0 heterocycles. The highest BCUT2D eigenvalue weighted by molar-refractivity contribution is 5.53. The highest BCUT2D eigenvalue weighted by atomic mass is 16.3. The first kappa shape index (κ1) is 32.5. The minimum absolute atomic E-state index is 0.176. The zero-order chi connectivity index (χ0) is 25.3. The molecule has 0 aromatic rings. The Morgan fingerprint density at radius 2 is 1.26 bits per heavy atom. The molecule has 196 valence electrons. The van der Waals surface area contributed by atoms with Crippen LogP contribution in [0.3, 0.4) is 0 Å². The van der Waals surface area contributed by atoms with Crippen molar-refractivity contribution in [3.63, 3.8) is 0 Å². The van der Waals surface area contributed by atoms with Gasteiger partial charge in [-0.15, -0.1) is 0 Å². The Kier molecular flexibility index (Phi) is 23.5. The summed E-state index contributed by atoms with van der Waals surface area (Å²) in [5, 5.41) is 39.0. The summed E-state index contributed by atoms with van der Waals surface area (Å²) in [5.74, 6) is -0.394. The van der Waals surface area contributed by atoms with E-state index in [4.69, 9.17) is 5.11 Å². The van der Waals surface area contributed by atoms with Crippen LogP contribution in [0.1, 0.15) is 96.8 Å². The fourth-order valence-corrected chi connectivity index (χ4v) is 3.47. The Balaban J connectivity index is 3.75. The van der Waals surface area contributed by atoms with Gasteiger partial charge in [0.05, 0.1) is 24.9 Å². The lowest BCUT2D eigenvalue weighted by molar-refractivity contribution is -0.112. The molecule has 5 nitrogen and oxygen atoms in total. The van der Waals surface area contributed by atoms with E-state index >= 15 is 0 Å². The predicted octanol–water partition coefficient (Wildman–Crippen LogP) is 5.58. The second-order valence-electron chi connectivity index (χ2n) is 9.10. The molecule has 0 fully saturated rings. The van der Waals surface area contributed by atoms with Gasteiger partial charge in [0.2, 0.25) is 0 Å². The third-order valence-electron chi connectivity index (χ3n) is 5.69. The van der Waals surface area contributed by atoms with Gasteiger partial charge in [0.15, 0.2) is 0 Å². The molecule has 0 saturated carbocycles. The third kappa shape index (κ3) is 22.3. The van der Waals surface area contributed by atoms with E-state index in [1.54, 1.807) is 18.2 Å². The molecule has 0 aliphatic carbocycles. The van der Waals surface area contributed by atoms with Crippen LogP contribution in [0.15, 0.2) is 48.6 Å². The van der Waals surface area contributed by atoms with Crippen molar-refractivity contribution in [2.24, 2.45) is 5.92 Å². The quantitative estimate of drug-likeness (QED) is 0.0873. The van der Waals surface area contributed by atoms with Crippen molar-refractivity contribution in [2.75, 3.05) is 6.61 Å². The van der Waals surface area contributed by atoms with Crippen molar-refractivity contribution < 1.29 is 25.2 Å². The molecular weight excluding hydrogens is 428 g/mol. The predicted molar refractivity (Wildman–Crippen MR) is 142 cm³/mol. The maximum atomic E-state index is 10.6. The fourth-order valence-electron chi connectivity index (χ4n) is 3.47. The Morgan fingerprint density at radius 1 is 0.676 bits per heavy atom. The van der Waals surface area contributed by atoms with Gasteiger partial charge in [-0.2, -0.15) is 0 Å². The largest absolute Gasteiger partial charge is 0.396 e. The van der Waals surface area contributed by atoms with Crippen LogP contribution in [0.4, 0.5) is 0 Å². The summed E-state index contributed by atoms with van der Waals surface area (Å²) >= 11 is 0. The van der Waals surface area contributed by atoms with Crippen molar-refractivity contribution in [3.05, 3.63) is 48.6 Å². The van der Waals surface area contributed by atoms with Crippen molar-refractivity contribution in [1.29, 1.82) is 0 Å². The number of allylic oxidation sites excluding steroid dienone is 5. The third-order valence-corrected chi connectivity index (χ3v) is 5.69. The second kappa shape index (κ2) is 24.6. The number of aldehydes is 1. The van der Waals surface area contributed by atoms with E-state index < -0.39 is 24.2 Å². The summed E-state index contributed by atoms with van der Waals surface area (Å²) in [6.45, 7) is 2.05. The van der Waals surface area contributed by atoms with Gasteiger partial charge in [-0.25, -0.2) is 0 Å². The molecule has 0 amide bonds. The summed E-state index contributed by atoms with van der Waals surface area (Å²) < 4.78 is 0. The first-order valence-electron chi connectivity index (χ1n) is 13.2. The maximum absolute atomic E-state index is 10.6. The Morgan fingerprint density at radius 3 is 1.88 bits per heavy atom. The van der Waals surface area contributed by atoms with Gasteiger partial charge in [0.25, 0.3) is 0 Å². The van der Waals surface area contributed by atoms with Gasteiger partial charge >= 0.3 is 0 Å². The molecule has 5 heteroatoms. The van der Waals surface area contributed by atoms with Crippen LogP contribution in [0.5, 0.6) is 0 Å². The van der Waals surface area contributed by atoms with E-state index in [-0.39, 0.29) is 13.0 Å². The summed E-state index contributed by atoms with van der Waals surface area (Å²) in [6, 6.07) is 0. The molecular formula is C29H50O5. The minimum Gasteiger partial charge on any atom is -0.396 e. The number of carbonyl (C=O) groups is 1. The average Bonchev–Trinajstić information content (AvgIpc) is 2.82. The van der Waals surface area contributed by atoms with E-state index in [0.29, 0.717) is 32.1 Å². The molecule has 0 rings (SSSR count). The van der Waals surface area contributed by atoms with Gasteiger partial charge in [0.1, 0.15) is 6.29 Å².